The van der Waals surface area contributed by atoms with Gasteiger partial charge < -0.3 is 15.4 Å². The second-order valence-electron chi connectivity index (χ2n) is 5.53. The molecule has 0 aliphatic heterocycles. The molecule has 2 heterocycles. The number of imidazole rings is 1. The van der Waals surface area contributed by atoms with E-state index < -0.39 is 11.6 Å². The summed E-state index contributed by atoms with van der Waals surface area (Å²) in [5.41, 5.74) is 1.73. The molecule has 8 heteroatoms. The Bertz CT molecular complexity index is 1060. The maximum Gasteiger partial charge on any atom is 0.156 e. The molecular formula is C18H13F2N5O. The van der Waals surface area contributed by atoms with Crippen LogP contribution in [0.15, 0.2) is 54.8 Å². The van der Waals surface area contributed by atoms with Crippen LogP contribution in [0.4, 0.5) is 14.6 Å². The lowest BCUT2D eigenvalue weighted by Gasteiger charge is -2.09. The Labute approximate surface area is 146 Å². The van der Waals surface area contributed by atoms with Gasteiger partial charge in [-0.2, -0.15) is 5.10 Å². The average molecular weight is 353 g/mol. The molecule has 0 saturated heterocycles. The van der Waals surface area contributed by atoms with Crippen molar-refractivity contribution in [2.45, 2.75) is 0 Å². The van der Waals surface area contributed by atoms with E-state index in [0.29, 0.717) is 17.8 Å². The molecule has 0 unspecified atom stereocenters. The molecule has 0 atom stereocenters. The van der Waals surface area contributed by atoms with E-state index in [1.165, 1.54) is 6.07 Å². The molecule has 0 spiro atoms. The van der Waals surface area contributed by atoms with E-state index >= 15 is 0 Å². The number of fused-ring (bicyclic) bond motifs is 1. The van der Waals surface area contributed by atoms with Crippen molar-refractivity contribution < 1.29 is 13.9 Å². The summed E-state index contributed by atoms with van der Waals surface area (Å²) >= 11 is 0. The normalized spacial score (nSPS) is 11.8. The predicted molar refractivity (Wildman–Crippen MR) is 94.3 cm³/mol. The van der Waals surface area contributed by atoms with Crippen molar-refractivity contribution in [3.63, 3.8) is 0 Å². The second-order valence-corrected chi connectivity index (χ2v) is 5.53. The summed E-state index contributed by atoms with van der Waals surface area (Å²) in [6.07, 6.45) is 0.594. The molecule has 4 N–H and O–H groups in total. The number of H-pyrrole nitrogens is 2. The first-order valence-corrected chi connectivity index (χ1v) is 7.72. The summed E-state index contributed by atoms with van der Waals surface area (Å²) < 4.78 is 27.8. The van der Waals surface area contributed by atoms with Gasteiger partial charge in [-0.3, -0.25) is 5.10 Å². The maximum atomic E-state index is 13.9. The van der Waals surface area contributed by atoms with Gasteiger partial charge in [-0.15, -0.1) is 0 Å². The van der Waals surface area contributed by atoms with Crippen LogP contribution in [-0.4, -0.2) is 25.3 Å². The van der Waals surface area contributed by atoms with Crippen molar-refractivity contribution in [2.24, 2.45) is 0 Å². The van der Waals surface area contributed by atoms with E-state index in [2.05, 4.69) is 25.5 Å². The Morgan fingerprint density at radius 1 is 1.08 bits per heavy atom. The summed E-state index contributed by atoms with van der Waals surface area (Å²) in [7, 11) is 0. The summed E-state index contributed by atoms with van der Waals surface area (Å²) in [5, 5.41) is 18.9. The molecule has 130 valence electrons. The molecule has 0 radical (unpaired) electrons. The van der Waals surface area contributed by atoms with Crippen molar-refractivity contribution in [2.75, 3.05) is 5.32 Å². The van der Waals surface area contributed by atoms with Crippen LogP contribution in [0.3, 0.4) is 0 Å². The number of nitrogens with one attached hydrogen (secondary N) is 3. The molecule has 0 aliphatic carbocycles. The largest absolute Gasteiger partial charge is 0.513 e. The molecule has 0 aliphatic rings. The van der Waals surface area contributed by atoms with Crippen LogP contribution in [0, 0.1) is 11.6 Å². The van der Waals surface area contributed by atoms with Crippen molar-refractivity contribution >= 4 is 22.5 Å². The standard InChI is InChI=1S/C18H13F2N5O/c19-10-4-3-5-11(20)17(10)15(9-26)21-16-8-14(24-25-16)18-22-12-6-1-2-7-13(12)23-18/h1-9,26H,(H,22,23)(H2,21,24,25)/b15-9-. The topological polar surface area (TPSA) is 89.6 Å². The van der Waals surface area contributed by atoms with Crippen molar-refractivity contribution in [3.05, 3.63) is 72.0 Å². The Kier molecular flexibility index (Phi) is 3.85. The highest BCUT2D eigenvalue weighted by atomic mass is 19.1. The van der Waals surface area contributed by atoms with Gasteiger partial charge in [-0.1, -0.05) is 18.2 Å². The second kappa shape index (κ2) is 6.32. The average Bonchev–Trinajstić information content (AvgIpc) is 3.27. The maximum absolute atomic E-state index is 13.9. The third kappa shape index (κ3) is 2.77. The Morgan fingerprint density at radius 3 is 2.58 bits per heavy atom. The Morgan fingerprint density at radius 2 is 1.85 bits per heavy atom. The van der Waals surface area contributed by atoms with E-state index in [4.69, 9.17) is 0 Å². The first-order valence-electron chi connectivity index (χ1n) is 7.72. The van der Waals surface area contributed by atoms with Gasteiger partial charge in [0.25, 0.3) is 0 Å². The molecule has 4 aromatic rings. The molecule has 0 saturated carbocycles. The number of nitrogens with zero attached hydrogens (tertiary/aromatic N) is 2. The number of aliphatic hydroxyl groups excluding tert-OH is 1. The number of aromatic nitrogens is 4. The van der Waals surface area contributed by atoms with Crippen LogP contribution in [0.1, 0.15) is 5.56 Å². The SMILES string of the molecule is O/C=C(\Nc1cc(-c2nc3ccccc3[nH]2)[nH]n1)c1c(F)cccc1F. The molecule has 26 heavy (non-hydrogen) atoms. The summed E-state index contributed by atoms with van der Waals surface area (Å²) in [5.74, 6) is -0.765. The number of hydrogen-bond donors (Lipinski definition) is 4. The molecular weight excluding hydrogens is 340 g/mol. The van der Waals surface area contributed by atoms with Gasteiger partial charge >= 0.3 is 0 Å². The van der Waals surface area contributed by atoms with Gasteiger partial charge in [-0.05, 0) is 24.3 Å². The highest BCUT2D eigenvalue weighted by Crippen LogP contribution is 2.25. The third-order valence-corrected chi connectivity index (χ3v) is 3.85. The number of para-hydroxylation sites is 2. The first-order chi connectivity index (χ1) is 12.7. The molecule has 2 aromatic heterocycles. The first kappa shape index (κ1) is 15.8. The van der Waals surface area contributed by atoms with Gasteiger partial charge in [-0.25, -0.2) is 13.8 Å². The van der Waals surface area contributed by atoms with E-state index in [-0.39, 0.29) is 17.1 Å². The predicted octanol–water partition coefficient (Wildman–Crippen LogP) is 4.20. The number of halogens is 2. The number of aliphatic hydroxyl groups is 1. The fraction of sp³-hybridized carbons (Fsp3) is 0. The smallest absolute Gasteiger partial charge is 0.156 e. The van der Waals surface area contributed by atoms with E-state index in [1.54, 1.807) is 6.07 Å². The molecule has 0 bridgehead atoms. The van der Waals surface area contributed by atoms with Crippen LogP contribution < -0.4 is 5.32 Å². The minimum absolute atomic E-state index is 0.150. The van der Waals surface area contributed by atoms with Gasteiger partial charge in [0.1, 0.15) is 23.6 Å². The number of benzene rings is 2. The van der Waals surface area contributed by atoms with Crippen LogP contribution in [0.25, 0.3) is 28.2 Å². The monoisotopic (exact) mass is 353 g/mol. The highest BCUT2D eigenvalue weighted by molar-refractivity contribution is 5.80. The van der Waals surface area contributed by atoms with Crippen molar-refractivity contribution in [1.29, 1.82) is 0 Å². The highest BCUT2D eigenvalue weighted by Gasteiger charge is 2.16. The lowest BCUT2D eigenvalue weighted by Crippen LogP contribution is -2.04. The van der Waals surface area contributed by atoms with Gasteiger partial charge in [0.05, 0.1) is 22.3 Å². The van der Waals surface area contributed by atoms with Gasteiger partial charge in [0, 0.05) is 6.07 Å². The lowest BCUT2D eigenvalue weighted by molar-refractivity contribution is 0.474. The van der Waals surface area contributed by atoms with E-state index in [1.807, 2.05) is 24.3 Å². The number of anilines is 1. The Balaban J connectivity index is 1.63. The lowest BCUT2D eigenvalue weighted by atomic mass is 10.1. The molecule has 0 amide bonds. The van der Waals surface area contributed by atoms with Crippen molar-refractivity contribution in [1.82, 2.24) is 20.2 Å². The number of aromatic amines is 2. The number of rotatable bonds is 4. The van der Waals surface area contributed by atoms with Gasteiger partial charge in [0.2, 0.25) is 0 Å². The fourth-order valence-electron chi connectivity index (χ4n) is 2.64. The van der Waals surface area contributed by atoms with Crippen LogP contribution in [0.2, 0.25) is 0 Å². The van der Waals surface area contributed by atoms with Gasteiger partial charge in [0.15, 0.2) is 11.6 Å². The molecule has 4 rings (SSSR count). The van der Waals surface area contributed by atoms with Crippen molar-refractivity contribution in [3.8, 4) is 11.5 Å². The zero-order valence-electron chi connectivity index (χ0n) is 13.3. The van der Waals surface area contributed by atoms with Crippen LogP contribution >= 0.6 is 0 Å². The van der Waals surface area contributed by atoms with E-state index in [0.717, 1.165) is 23.2 Å². The van der Waals surface area contributed by atoms with E-state index in [9.17, 15) is 13.9 Å². The Hall–Kier alpha value is -3.68. The minimum atomic E-state index is -0.800. The summed E-state index contributed by atoms with van der Waals surface area (Å²) in [4.78, 5) is 7.59. The quantitative estimate of drug-likeness (QED) is 0.414. The van der Waals surface area contributed by atoms with Crippen LogP contribution in [0.5, 0.6) is 0 Å². The molecule has 6 nitrogen and oxygen atoms in total. The zero-order valence-corrected chi connectivity index (χ0v) is 13.3. The molecule has 0 fully saturated rings. The van der Waals surface area contributed by atoms with Crippen LogP contribution in [-0.2, 0) is 0 Å². The summed E-state index contributed by atoms with van der Waals surface area (Å²) in [6, 6.07) is 12.6. The summed E-state index contributed by atoms with van der Waals surface area (Å²) in [6.45, 7) is 0. The zero-order chi connectivity index (χ0) is 18.1. The minimum Gasteiger partial charge on any atom is -0.513 e. The molecule has 2 aromatic carbocycles. The fourth-order valence-corrected chi connectivity index (χ4v) is 2.64. The number of hydrogen-bond acceptors (Lipinski definition) is 4. The third-order valence-electron chi connectivity index (χ3n) is 3.85.